The van der Waals surface area contributed by atoms with Crippen LogP contribution in [0.25, 0.3) is 11.2 Å². The van der Waals surface area contributed by atoms with E-state index in [2.05, 4.69) is 53.1 Å². The number of pyridine rings is 1. The number of rotatable bonds is 5. The summed E-state index contributed by atoms with van der Waals surface area (Å²) in [6, 6.07) is 2.15. The van der Waals surface area contributed by atoms with Gasteiger partial charge in [0.05, 0.1) is 5.69 Å². The Hall–Kier alpha value is -2.92. The van der Waals surface area contributed by atoms with Crippen LogP contribution in [0.1, 0.15) is 50.4 Å². The number of aryl methyl sites for hydroxylation is 2. The predicted molar refractivity (Wildman–Crippen MR) is 131 cm³/mol. The van der Waals surface area contributed by atoms with Crippen molar-refractivity contribution in [2.75, 3.05) is 19.6 Å². The van der Waals surface area contributed by atoms with Crippen molar-refractivity contribution in [1.82, 2.24) is 19.2 Å². The Kier molecular flexibility index (Phi) is 6.47. The largest absolute Gasteiger partial charge is 0.306 e. The third-order valence-electron chi connectivity index (χ3n) is 6.72. The summed E-state index contributed by atoms with van der Waals surface area (Å²) in [7, 11) is 0. The second kappa shape index (κ2) is 9.29. The number of fused-ring (bicyclic) bond motifs is 1. The molecule has 0 saturated carbocycles. The first-order valence-corrected chi connectivity index (χ1v) is 11.7. The first kappa shape index (κ1) is 22.3. The molecule has 0 atom stereocenters. The molecule has 32 heavy (non-hydrogen) atoms. The number of likely N-dealkylation sites (tertiary alicyclic amines) is 1. The van der Waals surface area contributed by atoms with Crippen LogP contribution >= 0.6 is 0 Å². The summed E-state index contributed by atoms with van der Waals surface area (Å²) >= 11 is 0. The molecule has 0 N–H and O–H groups in total. The molecule has 0 spiro atoms. The van der Waals surface area contributed by atoms with E-state index in [1.165, 1.54) is 11.1 Å². The van der Waals surface area contributed by atoms with E-state index in [9.17, 15) is 4.79 Å². The molecule has 0 unspecified atom stereocenters. The van der Waals surface area contributed by atoms with Crippen LogP contribution in [-0.4, -0.2) is 44.7 Å². The van der Waals surface area contributed by atoms with E-state index < -0.39 is 0 Å². The maximum atomic E-state index is 13.2. The second-order valence-corrected chi connectivity index (χ2v) is 8.92. The highest BCUT2D eigenvalue weighted by Gasteiger charge is 2.24. The zero-order valence-corrected chi connectivity index (χ0v) is 19.8. The monoisotopic (exact) mass is 430 g/mol. The first-order chi connectivity index (χ1) is 15.4. The van der Waals surface area contributed by atoms with Gasteiger partial charge in [0.15, 0.2) is 0 Å². The normalized spacial score (nSPS) is 18.5. The fraction of sp³-hybridized carbons (Fsp3) is 0.407. The van der Waals surface area contributed by atoms with Crippen LogP contribution in [-0.2, 0) is 11.2 Å². The van der Waals surface area contributed by atoms with Crippen LogP contribution in [0.4, 0.5) is 0 Å². The summed E-state index contributed by atoms with van der Waals surface area (Å²) in [4.78, 5) is 22.0. The molecule has 168 valence electrons. The van der Waals surface area contributed by atoms with E-state index in [4.69, 9.17) is 0 Å². The van der Waals surface area contributed by atoms with Crippen LogP contribution in [0.2, 0.25) is 0 Å². The van der Waals surface area contributed by atoms with Crippen molar-refractivity contribution < 1.29 is 4.79 Å². The number of imidazole rings is 1. The number of piperidine rings is 1. The predicted octanol–water partition coefficient (Wildman–Crippen LogP) is 5.14. The highest BCUT2D eigenvalue weighted by atomic mass is 16.2. The van der Waals surface area contributed by atoms with Crippen molar-refractivity contribution >= 4 is 17.1 Å². The van der Waals surface area contributed by atoms with Crippen molar-refractivity contribution in [3.63, 3.8) is 0 Å². The Morgan fingerprint density at radius 1 is 1.22 bits per heavy atom. The molecule has 5 heteroatoms. The summed E-state index contributed by atoms with van der Waals surface area (Å²) in [5.74, 6) is 0.446. The van der Waals surface area contributed by atoms with Crippen molar-refractivity contribution in [1.29, 1.82) is 0 Å². The number of aromatic nitrogens is 2. The van der Waals surface area contributed by atoms with Crippen LogP contribution in [0.5, 0.6) is 0 Å². The zero-order valence-electron chi connectivity index (χ0n) is 19.8. The van der Waals surface area contributed by atoms with Gasteiger partial charge in [-0.1, -0.05) is 26.5 Å². The highest BCUT2D eigenvalue weighted by molar-refractivity contribution is 5.97. The van der Waals surface area contributed by atoms with Gasteiger partial charge in [-0.05, 0) is 93.1 Å². The van der Waals surface area contributed by atoms with Gasteiger partial charge in [0, 0.05) is 30.4 Å². The van der Waals surface area contributed by atoms with Crippen LogP contribution in [0, 0.1) is 12.8 Å². The van der Waals surface area contributed by atoms with E-state index in [1.54, 1.807) is 11.0 Å². The Balaban J connectivity index is 1.56. The summed E-state index contributed by atoms with van der Waals surface area (Å²) in [5, 5.41) is 0. The van der Waals surface area contributed by atoms with E-state index >= 15 is 0 Å². The molecule has 5 nitrogen and oxygen atoms in total. The molecule has 0 radical (unpaired) electrons. The third-order valence-corrected chi connectivity index (χ3v) is 6.72. The van der Waals surface area contributed by atoms with Gasteiger partial charge in [-0.3, -0.25) is 9.69 Å². The van der Waals surface area contributed by atoms with E-state index in [0.717, 1.165) is 61.4 Å². The number of hydrogen-bond donors (Lipinski definition) is 0. The minimum absolute atomic E-state index is 0.0553. The van der Waals surface area contributed by atoms with Crippen LogP contribution in [0.3, 0.4) is 0 Å². The SMILES string of the molecule is C=C1C=CC(C2CCN(CC)CC2)=CN1C(=O)/C=C(\C)c1cc(CC)c2nc(C)cn2c1. The fourth-order valence-electron chi connectivity index (χ4n) is 4.68. The number of hydrogen-bond acceptors (Lipinski definition) is 3. The Morgan fingerprint density at radius 2 is 1.97 bits per heavy atom. The van der Waals surface area contributed by atoms with Gasteiger partial charge in [0.2, 0.25) is 0 Å². The third kappa shape index (κ3) is 4.49. The molecular formula is C27H34N4O. The number of amides is 1. The number of carbonyl (C=O) groups is 1. The molecule has 4 heterocycles. The molecule has 1 fully saturated rings. The topological polar surface area (TPSA) is 40.8 Å². The fourth-order valence-corrected chi connectivity index (χ4v) is 4.68. The number of nitrogens with zero attached hydrogens (tertiary/aromatic N) is 4. The lowest BCUT2D eigenvalue weighted by Gasteiger charge is -2.33. The second-order valence-electron chi connectivity index (χ2n) is 8.92. The van der Waals surface area contributed by atoms with Gasteiger partial charge in [-0.2, -0.15) is 0 Å². The maximum Gasteiger partial charge on any atom is 0.255 e. The molecule has 2 aromatic rings. The molecule has 4 rings (SSSR count). The van der Waals surface area contributed by atoms with Crippen molar-refractivity contribution in [2.45, 2.75) is 47.0 Å². The van der Waals surface area contributed by atoms with Gasteiger partial charge >= 0.3 is 0 Å². The summed E-state index contributed by atoms with van der Waals surface area (Å²) in [6.45, 7) is 15.8. The molecule has 1 saturated heterocycles. The smallest absolute Gasteiger partial charge is 0.255 e. The van der Waals surface area contributed by atoms with Gasteiger partial charge in [-0.25, -0.2) is 4.98 Å². The number of allylic oxidation sites excluding steroid dienone is 4. The lowest BCUT2D eigenvalue weighted by atomic mass is 9.88. The molecule has 0 aromatic carbocycles. The molecule has 2 aliphatic rings. The van der Waals surface area contributed by atoms with E-state index in [0.29, 0.717) is 11.6 Å². The average Bonchev–Trinajstić information content (AvgIpc) is 3.18. The van der Waals surface area contributed by atoms with E-state index in [1.807, 2.05) is 32.3 Å². The average molecular weight is 431 g/mol. The molecule has 2 aromatic heterocycles. The first-order valence-electron chi connectivity index (χ1n) is 11.7. The van der Waals surface area contributed by atoms with Crippen LogP contribution < -0.4 is 0 Å². The quantitative estimate of drug-likeness (QED) is 0.617. The number of carbonyl (C=O) groups excluding carboxylic acids is 1. The van der Waals surface area contributed by atoms with Gasteiger partial charge in [-0.15, -0.1) is 0 Å². The summed E-state index contributed by atoms with van der Waals surface area (Å²) in [5.41, 5.74) is 7.08. The Bertz CT molecular complexity index is 1130. The molecule has 0 aliphatic carbocycles. The lowest BCUT2D eigenvalue weighted by molar-refractivity contribution is -0.122. The van der Waals surface area contributed by atoms with Gasteiger partial charge in [0.1, 0.15) is 5.65 Å². The molecule has 0 bridgehead atoms. The standard InChI is InChI=1S/C27H34N4O/c1-6-22-15-25(17-30-16-20(4)28-27(22)30)19(3)14-26(32)31-18-24(9-8-21(31)5)23-10-12-29(7-2)13-11-23/h8-9,14-18,23H,5-7,10-13H2,1-4H3/b19-14+. The Morgan fingerprint density at radius 3 is 2.66 bits per heavy atom. The van der Waals surface area contributed by atoms with Crippen molar-refractivity contribution in [3.05, 3.63) is 77.6 Å². The lowest BCUT2D eigenvalue weighted by Crippen LogP contribution is -2.34. The van der Waals surface area contributed by atoms with Crippen molar-refractivity contribution in [3.8, 4) is 0 Å². The van der Waals surface area contributed by atoms with Crippen molar-refractivity contribution in [2.24, 2.45) is 5.92 Å². The van der Waals surface area contributed by atoms with E-state index in [-0.39, 0.29) is 5.91 Å². The Labute approximate surface area is 191 Å². The summed E-state index contributed by atoms with van der Waals surface area (Å²) < 4.78 is 2.06. The zero-order chi connectivity index (χ0) is 22.8. The minimum atomic E-state index is -0.0553. The minimum Gasteiger partial charge on any atom is -0.306 e. The van der Waals surface area contributed by atoms with Gasteiger partial charge in [0.25, 0.3) is 5.91 Å². The maximum absolute atomic E-state index is 13.2. The molecule has 1 amide bonds. The van der Waals surface area contributed by atoms with Gasteiger partial charge < -0.3 is 9.30 Å². The van der Waals surface area contributed by atoms with Crippen LogP contribution in [0.15, 0.2) is 60.7 Å². The summed E-state index contributed by atoms with van der Waals surface area (Å²) in [6.07, 6.45) is 15.1. The molecule has 2 aliphatic heterocycles. The highest BCUT2D eigenvalue weighted by Crippen LogP contribution is 2.30. The molecular weight excluding hydrogens is 396 g/mol.